The van der Waals surface area contributed by atoms with Crippen LogP contribution in [0.1, 0.15) is 43.0 Å². The van der Waals surface area contributed by atoms with E-state index in [0.717, 1.165) is 23.9 Å². The van der Waals surface area contributed by atoms with Crippen molar-refractivity contribution < 1.29 is 23.8 Å². The Balaban J connectivity index is 1.40. The molecule has 1 saturated heterocycles. The predicted molar refractivity (Wildman–Crippen MR) is 147 cm³/mol. The number of ether oxygens (including phenoxy) is 2. The Labute approximate surface area is 227 Å². The summed E-state index contributed by atoms with van der Waals surface area (Å²) < 4.78 is 26.2. The number of aromatic nitrogens is 1. The number of hydrogen-bond acceptors (Lipinski definition) is 5. The first kappa shape index (κ1) is 27.7. The molecule has 1 aromatic heterocycles. The van der Waals surface area contributed by atoms with E-state index < -0.39 is 12.1 Å². The highest BCUT2D eigenvalue weighted by molar-refractivity contribution is 6.30. The summed E-state index contributed by atoms with van der Waals surface area (Å²) in [5.74, 6) is 6.84. The second-order valence-electron chi connectivity index (χ2n) is 9.62. The molecule has 8 heteroatoms. The van der Waals surface area contributed by atoms with Gasteiger partial charge in [0.05, 0.1) is 31.8 Å². The SMILES string of the molecule is COc1ccc2nccc([C@H](F)CC[C@@H]3CCN(CC#Cc4cc(Cl)ccc4OC)C[C@@H]3CC(=O)O)c2c1. The third-order valence-corrected chi connectivity index (χ3v) is 7.45. The van der Waals surface area contributed by atoms with Gasteiger partial charge in [-0.1, -0.05) is 23.4 Å². The maximum absolute atomic E-state index is 15.5. The Morgan fingerprint density at radius 1 is 1.21 bits per heavy atom. The highest BCUT2D eigenvalue weighted by atomic mass is 35.5. The van der Waals surface area contributed by atoms with E-state index in [4.69, 9.17) is 21.1 Å². The van der Waals surface area contributed by atoms with E-state index in [2.05, 4.69) is 21.7 Å². The number of piperidine rings is 1. The lowest BCUT2D eigenvalue weighted by atomic mass is 9.79. The zero-order valence-corrected chi connectivity index (χ0v) is 22.4. The number of pyridine rings is 1. The van der Waals surface area contributed by atoms with Crippen LogP contribution in [0.2, 0.25) is 5.02 Å². The maximum atomic E-state index is 15.5. The van der Waals surface area contributed by atoms with Crippen LogP contribution in [-0.4, -0.2) is 54.8 Å². The number of hydrogen-bond donors (Lipinski definition) is 1. The number of likely N-dealkylation sites (tertiary alicyclic amines) is 1. The maximum Gasteiger partial charge on any atom is 0.303 e. The molecule has 2 aromatic carbocycles. The van der Waals surface area contributed by atoms with E-state index in [1.807, 2.05) is 18.2 Å². The Hall–Kier alpha value is -3.34. The summed E-state index contributed by atoms with van der Waals surface area (Å²) in [6.45, 7) is 1.91. The van der Waals surface area contributed by atoms with Crippen molar-refractivity contribution in [2.75, 3.05) is 33.9 Å². The molecule has 0 spiro atoms. The summed E-state index contributed by atoms with van der Waals surface area (Å²) >= 11 is 6.09. The summed E-state index contributed by atoms with van der Waals surface area (Å²) in [6.07, 6.45) is 2.26. The Morgan fingerprint density at radius 3 is 2.82 bits per heavy atom. The topological polar surface area (TPSA) is 71.9 Å². The van der Waals surface area contributed by atoms with E-state index in [1.54, 1.807) is 44.7 Å². The molecule has 3 aromatic rings. The average molecular weight is 539 g/mol. The van der Waals surface area contributed by atoms with Crippen molar-refractivity contribution in [2.45, 2.75) is 31.9 Å². The van der Waals surface area contributed by atoms with Gasteiger partial charge in [-0.25, -0.2) is 4.39 Å². The third-order valence-electron chi connectivity index (χ3n) is 7.21. The molecule has 2 heterocycles. The first-order valence-electron chi connectivity index (χ1n) is 12.7. The minimum Gasteiger partial charge on any atom is -0.497 e. The van der Waals surface area contributed by atoms with Crippen LogP contribution in [0.5, 0.6) is 11.5 Å². The third kappa shape index (κ3) is 6.94. The van der Waals surface area contributed by atoms with Crippen LogP contribution in [0, 0.1) is 23.7 Å². The lowest BCUT2D eigenvalue weighted by Crippen LogP contribution is -2.41. The number of rotatable bonds is 9. The molecular formula is C30H32ClFN2O4. The fourth-order valence-electron chi connectivity index (χ4n) is 5.22. The average Bonchev–Trinajstić information content (AvgIpc) is 2.91. The van der Waals surface area contributed by atoms with E-state index >= 15 is 4.39 Å². The molecule has 0 radical (unpaired) electrons. The van der Waals surface area contributed by atoms with Crippen molar-refractivity contribution in [1.82, 2.24) is 9.88 Å². The van der Waals surface area contributed by atoms with Gasteiger partial charge in [-0.15, -0.1) is 0 Å². The van der Waals surface area contributed by atoms with Gasteiger partial charge in [0.1, 0.15) is 17.7 Å². The monoisotopic (exact) mass is 538 g/mol. The van der Waals surface area contributed by atoms with Crippen molar-refractivity contribution in [3.63, 3.8) is 0 Å². The molecule has 1 aliphatic heterocycles. The van der Waals surface area contributed by atoms with E-state index in [9.17, 15) is 9.90 Å². The quantitative estimate of drug-likeness (QED) is 0.329. The number of benzene rings is 2. The molecule has 3 atom stereocenters. The van der Waals surface area contributed by atoms with Gasteiger partial charge in [-0.05, 0) is 85.7 Å². The molecule has 4 rings (SSSR count). The molecule has 1 fully saturated rings. The molecule has 1 N–H and O–H groups in total. The van der Waals surface area contributed by atoms with Crippen LogP contribution < -0.4 is 9.47 Å². The summed E-state index contributed by atoms with van der Waals surface area (Å²) in [4.78, 5) is 18.1. The second kappa shape index (κ2) is 12.9. The number of alkyl halides is 1. The van der Waals surface area contributed by atoms with Crippen LogP contribution in [0.3, 0.4) is 0 Å². The van der Waals surface area contributed by atoms with Gasteiger partial charge in [-0.2, -0.15) is 0 Å². The smallest absolute Gasteiger partial charge is 0.303 e. The molecule has 0 unspecified atom stereocenters. The minimum atomic E-state index is -1.17. The first-order valence-corrected chi connectivity index (χ1v) is 13.1. The zero-order valence-electron chi connectivity index (χ0n) is 21.6. The molecule has 0 bridgehead atoms. The number of carboxylic acids is 1. The number of nitrogens with zero attached hydrogens (tertiary/aromatic N) is 2. The highest BCUT2D eigenvalue weighted by Crippen LogP contribution is 2.36. The van der Waals surface area contributed by atoms with Crippen molar-refractivity contribution in [3.05, 3.63) is 64.8 Å². The van der Waals surface area contributed by atoms with Gasteiger partial charge in [0.25, 0.3) is 0 Å². The van der Waals surface area contributed by atoms with Gasteiger partial charge < -0.3 is 14.6 Å². The Bertz CT molecular complexity index is 1340. The fourth-order valence-corrected chi connectivity index (χ4v) is 5.39. The number of methoxy groups -OCH3 is 2. The van der Waals surface area contributed by atoms with Gasteiger partial charge >= 0.3 is 5.97 Å². The highest BCUT2D eigenvalue weighted by Gasteiger charge is 2.31. The van der Waals surface area contributed by atoms with Crippen LogP contribution in [0.15, 0.2) is 48.7 Å². The second-order valence-corrected chi connectivity index (χ2v) is 10.1. The predicted octanol–water partition coefficient (Wildman–Crippen LogP) is 6.16. The molecule has 6 nitrogen and oxygen atoms in total. The Kier molecular flexibility index (Phi) is 9.43. The van der Waals surface area contributed by atoms with Crippen LogP contribution in [0.4, 0.5) is 4.39 Å². The largest absolute Gasteiger partial charge is 0.497 e. The normalized spacial score (nSPS) is 18.4. The van der Waals surface area contributed by atoms with Gasteiger partial charge in [0.15, 0.2) is 0 Å². The molecule has 0 saturated carbocycles. The molecule has 1 aliphatic rings. The lowest BCUT2D eigenvalue weighted by Gasteiger charge is -2.37. The van der Waals surface area contributed by atoms with E-state index in [1.165, 1.54) is 0 Å². The van der Waals surface area contributed by atoms with Crippen LogP contribution >= 0.6 is 11.6 Å². The number of halogens is 2. The number of fused-ring (bicyclic) bond motifs is 1. The van der Waals surface area contributed by atoms with Crippen LogP contribution in [0.25, 0.3) is 10.9 Å². The van der Waals surface area contributed by atoms with E-state index in [0.29, 0.717) is 53.6 Å². The summed E-state index contributed by atoms with van der Waals surface area (Å²) in [5.41, 5.74) is 2.03. The number of aliphatic carboxylic acids is 1. The van der Waals surface area contributed by atoms with Crippen molar-refractivity contribution in [2.24, 2.45) is 11.8 Å². The van der Waals surface area contributed by atoms with Gasteiger partial charge in [0, 0.05) is 29.6 Å². The standard InChI is InChI=1S/C30H32ClFN2O4/c1-37-24-7-9-28-26(18-24)25(11-13-33-28)27(32)8-5-20-12-15-34(19-22(20)17-30(35)36)14-3-4-21-16-23(31)6-10-29(21)38-2/h6-7,9-11,13,16,18,20,22,27H,5,8,12,14-15,17,19H2,1-2H3,(H,35,36)/t20-,22+,27-/m1/s1. The molecule has 0 aliphatic carbocycles. The van der Waals surface area contributed by atoms with E-state index in [-0.39, 0.29) is 18.3 Å². The van der Waals surface area contributed by atoms with Gasteiger partial charge in [0.2, 0.25) is 0 Å². The molecule has 38 heavy (non-hydrogen) atoms. The van der Waals surface area contributed by atoms with Crippen molar-refractivity contribution in [3.8, 4) is 23.3 Å². The fraction of sp³-hybridized carbons (Fsp3) is 0.400. The minimum absolute atomic E-state index is 0.0586. The number of carboxylic acid groups (broad SMARTS) is 1. The van der Waals surface area contributed by atoms with Crippen LogP contribution in [-0.2, 0) is 4.79 Å². The van der Waals surface area contributed by atoms with Crippen molar-refractivity contribution in [1.29, 1.82) is 0 Å². The Morgan fingerprint density at radius 2 is 2.05 bits per heavy atom. The molecular weight excluding hydrogens is 507 g/mol. The first-order chi connectivity index (χ1) is 18.4. The summed E-state index contributed by atoms with van der Waals surface area (Å²) in [6, 6.07) is 12.5. The van der Waals surface area contributed by atoms with Gasteiger partial charge in [-0.3, -0.25) is 14.7 Å². The summed E-state index contributed by atoms with van der Waals surface area (Å²) in [7, 11) is 3.17. The zero-order chi connectivity index (χ0) is 27.1. The molecule has 200 valence electrons. The van der Waals surface area contributed by atoms with Crippen molar-refractivity contribution >= 4 is 28.5 Å². The summed E-state index contributed by atoms with van der Waals surface area (Å²) in [5, 5.41) is 10.9. The molecule has 0 amide bonds. The lowest BCUT2D eigenvalue weighted by molar-refractivity contribution is -0.139. The number of carbonyl (C=O) groups is 1.